The number of carbonyl (C=O) groups excluding carboxylic acids is 2. The summed E-state index contributed by atoms with van der Waals surface area (Å²) in [5.41, 5.74) is 0.483. The van der Waals surface area contributed by atoms with Crippen LogP contribution in [0.15, 0.2) is 46.0 Å². The van der Waals surface area contributed by atoms with Crippen LogP contribution in [0.1, 0.15) is 20.8 Å². The molecule has 2 N–H and O–H groups in total. The maximum atomic E-state index is 12.9. The summed E-state index contributed by atoms with van der Waals surface area (Å²) in [5, 5.41) is 8.58. The standard InChI is InChI=1S/C16H20N4O5S/c1-11(2)20(10-16(22)18-15-8-9-25-19-15)26(23,24)14-6-4-13(5-7-14)17-12(3)21/h4-9,11H,10H2,1-3H3,(H,17,21)(H,18,19,22). The fourth-order valence-electron chi connectivity index (χ4n) is 2.19. The highest BCUT2D eigenvalue weighted by molar-refractivity contribution is 7.89. The van der Waals surface area contributed by atoms with Gasteiger partial charge in [-0.05, 0) is 38.1 Å². The van der Waals surface area contributed by atoms with Gasteiger partial charge in [0, 0.05) is 24.7 Å². The summed E-state index contributed by atoms with van der Waals surface area (Å²) in [6.45, 7) is 4.33. The average molecular weight is 380 g/mol. The number of benzene rings is 1. The Balaban J connectivity index is 2.18. The molecule has 0 aliphatic carbocycles. The van der Waals surface area contributed by atoms with Crippen molar-refractivity contribution < 1.29 is 22.5 Å². The van der Waals surface area contributed by atoms with Gasteiger partial charge in [0.2, 0.25) is 21.8 Å². The van der Waals surface area contributed by atoms with E-state index < -0.39 is 22.0 Å². The first-order valence-corrected chi connectivity index (χ1v) is 9.24. The highest BCUT2D eigenvalue weighted by atomic mass is 32.2. The third kappa shape index (κ3) is 4.90. The van der Waals surface area contributed by atoms with Crippen LogP contribution in [0.4, 0.5) is 11.5 Å². The lowest BCUT2D eigenvalue weighted by Gasteiger charge is -2.25. The van der Waals surface area contributed by atoms with E-state index in [2.05, 4.69) is 20.3 Å². The second-order valence-electron chi connectivity index (χ2n) is 5.78. The molecule has 2 rings (SSSR count). The SMILES string of the molecule is CC(=O)Nc1ccc(S(=O)(=O)N(CC(=O)Nc2ccon2)C(C)C)cc1. The Morgan fingerprint density at radius 3 is 2.31 bits per heavy atom. The van der Waals surface area contributed by atoms with Crippen LogP contribution in [0.5, 0.6) is 0 Å². The summed E-state index contributed by atoms with van der Waals surface area (Å²) in [6.07, 6.45) is 1.29. The van der Waals surface area contributed by atoms with Crippen LogP contribution in [-0.4, -0.2) is 42.3 Å². The number of carbonyl (C=O) groups is 2. The first kappa shape index (κ1) is 19.6. The highest BCUT2D eigenvalue weighted by Gasteiger charge is 2.29. The number of amides is 2. The molecule has 0 spiro atoms. The van der Waals surface area contributed by atoms with Crippen LogP contribution in [0, 0.1) is 0 Å². The molecule has 26 heavy (non-hydrogen) atoms. The topological polar surface area (TPSA) is 122 Å². The van der Waals surface area contributed by atoms with Crippen LogP contribution in [0.25, 0.3) is 0 Å². The van der Waals surface area contributed by atoms with Gasteiger partial charge in [-0.15, -0.1) is 0 Å². The maximum Gasteiger partial charge on any atom is 0.243 e. The number of rotatable bonds is 7. The van der Waals surface area contributed by atoms with E-state index in [9.17, 15) is 18.0 Å². The minimum absolute atomic E-state index is 0.0227. The lowest BCUT2D eigenvalue weighted by Crippen LogP contribution is -2.42. The van der Waals surface area contributed by atoms with Crippen molar-refractivity contribution in [2.75, 3.05) is 17.2 Å². The van der Waals surface area contributed by atoms with E-state index in [1.165, 1.54) is 43.5 Å². The van der Waals surface area contributed by atoms with Gasteiger partial charge in [-0.2, -0.15) is 4.31 Å². The van der Waals surface area contributed by atoms with E-state index >= 15 is 0 Å². The van der Waals surface area contributed by atoms with Gasteiger partial charge in [0.15, 0.2) is 5.82 Å². The van der Waals surface area contributed by atoms with E-state index in [1.807, 2.05) is 0 Å². The van der Waals surface area contributed by atoms with Crippen LogP contribution >= 0.6 is 0 Å². The Morgan fingerprint density at radius 1 is 1.15 bits per heavy atom. The molecule has 0 unspecified atom stereocenters. The normalized spacial score (nSPS) is 11.6. The lowest BCUT2D eigenvalue weighted by atomic mass is 10.3. The zero-order chi connectivity index (χ0) is 19.3. The van der Waals surface area contributed by atoms with Crippen molar-refractivity contribution in [3.8, 4) is 0 Å². The van der Waals surface area contributed by atoms with Crippen molar-refractivity contribution in [1.82, 2.24) is 9.46 Å². The van der Waals surface area contributed by atoms with E-state index in [-0.39, 0.29) is 23.2 Å². The summed E-state index contributed by atoms with van der Waals surface area (Å²) in [5.74, 6) is -0.587. The predicted octanol–water partition coefficient (Wildman–Crippen LogP) is 1.67. The molecule has 140 valence electrons. The van der Waals surface area contributed by atoms with E-state index in [4.69, 9.17) is 0 Å². The molecule has 1 aromatic carbocycles. The van der Waals surface area contributed by atoms with E-state index in [0.29, 0.717) is 5.69 Å². The average Bonchev–Trinajstić information content (AvgIpc) is 3.05. The lowest BCUT2D eigenvalue weighted by molar-refractivity contribution is -0.116. The first-order chi connectivity index (χ1) is 12.2. The number of hydrogen-bond acceptors (Lipinski definition) is 6. The fraction of sp³-hybridized carbons (Fsp3) is 0.312. The van der Waals surface area contributed by atoms with Crippen LogP contribution in [0.3, 0.4) is 0 Å². The molecule has 1 heterocycles. The maximum absolute atomic E-state index is 12.9. The zero-order valence-electron chi connectivity index (χ0n) is 14.6. The Labute approximate surface area is 151 Å². The van der Waals surface area contributed by atoms with Gasteiger partial charge in [0.25, 0.3) is 0 Å². The quantitative estimate of drug-likeness (QED) is 0.753. The zero-order valence-corrected chi connectivity index (χ0v) is 15.4. The Morgan fingerprint density at radius 2 is 1.81 bits per heavy atom. The van der Waals surface area contributed by atoms with Gasteiger partial charge >= 0.3 is 0 Å². The molecule has 0 aliphatic rings. The van der Waals surface area contributed by atoms with Crippen LogP contribution in [-0.2, 0) is 19.6 Å². The number of nitrogens with one attached hydrogen (secondary N) is 2. The molecule has 0 saturated heterocycles. The van der Waals surface area contributed by atoms with Gasteiger partial charge in [-0.25, -0.2) is 8.42 Å². The summed E-state index contributed by atoms with van der Waals surface area (Å²) in [4.78, 5) is 23.2. The number of nitrogens with zero attached hydrogens (tertiary/aromatic N) is 2. The molecular formula is C16H20N4O5S. The van der Waals surface area contributed by atoms with Crippen LogP contribution in [0.2, 0.25) is 0 Å². The van der Waals surface area contributed by atoms with Crippen molar-refractivity contribution in [2.45, 2.75) is 31.7 Å². The molecule has 0 saturated carbocycles. The van der Waals surface area contributed by atoms with Crippen molar-refractivity contribution in [1.29, 1.82) is 0 Å². The third-order valence-corrected chi connectivity index (χ3v) is 5.40. The highest BCUT2D eigenvalue weighted by Crippen LogP contribution is 2.20. The number of sulfonamides is 1. The van der Waals surface area contributed by atoms with Crippen molar-refractivity contribution >= 4 is 33.3 Å². The third-order valence-electron chi connectivity index (χ3n) is 3.36. The molecule has 10 heteroatoms. The Kier molecular flexibility index (Phi) is 6.11. The van der Waals surface area contributed by atoms with E-state index in [0.717, 1.165) is 4.31 Å². The summed E-state index contributed by atoms with van der Waals surface area (Å²) >= 11 is 0. The minimum Gasteiger partial charge on any atom is -0.363 e. The molecule has 0 bridgehead atoms. The molecule has 1 aromatic heterocycles. The number of aromatic nitrogens is 1. The molecule has 0 radical (unpaired) electrons. The fourth-order valence-corrected chi connectivity index (χ4v) is 3.79. The molecule has 0 fully saturated rings. The molecule has 2 aromatic rings. The molecular weight excluding hydrogens is 360 g/mol. The van der Waals surface area contributed by atoms with Crippen molar-refractivity contribution in [3.05, 3.63) is 36.6 Å². The second kappa shape index (κ2) is 8.11. The van der Waals surface area contributed by atoms with Gasteiger partial charge in [0.05, 0.1) is 11.4 Å². The van der Waals surface area contributed by atoms with Crippen LogP contribution < -0.4 is 10.6 Å². The van der Waals surface area contributed by atoms with Crippen molar-refractivity contribution in [3.63, 3.8) is 0 Å². The minimum atomic E-state index is -3.90. The van der Waals surface area contributed by atoms with E-state index in [1.54, 1.807) is 13.8 Å². The number of anilines is 2. The van der Waals surface area contributed by atoms with Crippen molar-refractivity contribution in [2.24, 2.45) is 0 Å². The molecule has 0 atom stereocenters. The predicted molar refractivity (Wildman–Crippen MR) is 94.9 cm³/mol. The Hall–Kier alpha value is -2.72. The largest absolute Gasteiger partial charge is 0.363 e. The Bertz CT molecular complexity index is 861. The number of hydrogen-bond donors (Lipinski definition) is 2. The van der Waals surface area contributed by atoms with Gasteiger partial charge in [-0.3, -0.25) is 9.59 Å². The van der Waals surface area contributed by atoms with Gasteiger partial charge < -0.3 is 15.2 Å². The summed E-state index contributed by atoms with van der Waals surface area (Å²) in [6, 6.07) is 6.74. The smallest absolute Gasteiger partial charge is 0.243 e. The molecule has 2 amide bonds. The second-order valence-corrected chi connectivity index (χ2v) is 7.67. The van der Waals surface area contributed by atoms with Gasteiger partial charge in [0.1, 0.15) is 6.26 Å². The van der Waals surface area contributed by atoms with Gasteiger partial charge in [-0.1, -0.05) is 5.16 Å². The summed E-state index contributed by atoms with van der Waals surface area (Å²) in [7, 11) is -3.90. The molecule has 9 nitrogen and oxygen atoms in total. The first-order valence-electron chi connectivity index (χ1n) is 7.80. The molecule has 0 aliphatic heterocycles. The summed E-state index contributed by atoms with van der Waals surface area (Å²) < 4.78 is 31.4. The monoisotopic (exact) mass is 380 g/mol.